The highest BCUT2D eigenvalue weighted by Gasteiger charge is 2.16. The number of fused-ring (bicyclic) bond motifs is 1. The van der Waals surface area contributed by atoms with Crippen LogP contribution in [0.15, 0.2) is 58.3 Å². The molecule has 0 radical (unpaired) electrons. The fraction of sp³-hybridized carbons (Fsp3) is 0.280. The monoisotopic (exact) mass is 475 g/mol. The third-order valence-electron chi connectivity index (χ3n) is 5.66. The van der Waals surface area contributed by atoms with E-state index in [0.29, 0.717) is 5.56 Å². The van der Waals surface area contributed by atoms with Crippen molar-refractivity contribution in [1.29, 1.82) is 0 Å². The minimum atomic E-state index is -0.123. The Morgan fingerprint density at radius 2 is 2.00 bits per heavy atom. The van der Waals surface area contributed by atoms with Crippen LogP contribution in [0.25, 0.3) is 11.4 Å². The molecule has 0 fully saturated rings. The third-order valence-corrected chi connectivity index (χ3v) is 7.87. The van der Waals surface area contributed by atoms with Crippen LogP contribution in [0.4, 0.5) is 5.69 Å². The van der Waals surface area contributed by atoms with Crippen LogP contribution in [-0.4, -0.2) is 25.7 Å². The summed E-state index contributed by atoms with van der Waals surface area (Å²) in [6, 6.07) is 15.6. The summed E-state index contributed by atoms with van der Waals surface area (Å²) in [5.74, 6) is 2.64. The van der Waals surface area contributed by atoms with Crippen molar-refractivity contribution in [2.24, 2.45) is 0 Å². The second kappa shape index (κ2) is 9.89. The Kier molecular flexibility index (Phi) is 6.55. The zero-order valence-electron chi connectivity index (χ0n) is 18.5. The molecule has 0 atom stereocenters. The number of rotatable bonds is 6. The Balaban J connectivity index is 1.25. The normalized spacial score (nSPS) is 13.4. The van der Waals surface area contributed by atoms with Crippen LogP contribution in [0.3, 0.4) is 0 Å². The molecule has 0 unspecified atom stereocenters. The Morgan fingerprint density at radius 3 is 2.82 bits per heavy atom. The van der Waals surface area contributed by atoms with E-state index in [9.17, 15) is 4.79 Å². The molecule has 0 saturated heterocycles. The number of amides is 1. The van der Waals surface area contributed by atoms with E-state index in [4.69, 9.17) is 0 Å². The van der Waals surface area contributed by atoms with Gasteiger partial charge >= 0.3 is 0 Å². The predicted molar refractivity (Wildman–Crippen MR) is 134 cm³/mol. The lowest BCUT2D eigenvalue weighted by molar-refractivity contribution is 0.102. The van der Waals surface area contributed by atoms with E-state index in [2.05, 4.69) is 30.4 Å². The van der Waals surface area contributed by atoms with Crippen LogP contribution < -0.4 is 5.32 Å². The van der Waals surface area contributed by atoms with E-state index in [-0.39, 0.29) is 5.91 Å². The molecule has 4 aromatic rings. The van der Waals surface area contributed by atoms with Gasteiger partial charge < -0.3 is 9.88 Å². The van der Waals surface area contributed by atoms with Crippen molar-refractivity contribution in [2.45, 2.75) is 49.2 Å². The fourth-order valence-corrected chi connectivity index (χ4v) is 5.74. The van der Waals surface area contributed by atoms with Gasteiger partial charge in [-0.1, -0.05) is 42.4 Å². The van der Waals surface area contributed by atoms with Crippen LogP contribution in [0.2, 0.25) is 0 Å². The first kappa shape index (κ1) is 21.9. The maximum atomic E-state index is 12.8. The quantitative estimate of drug-likeness (QED) is 0.347. The van der Waals surface area contributed by atoms with Crippen LogP contribution >= 0.6 is 23.1 Å². The number of aryl methyl sites for hydroxylation is 2. The molecule has 0 spiro atoms. The highest BCUT2D eigenvalue weighted by Crippen LogP contribution is 2.27. The number of hydrogen-bond acceptors (Lipinski definition) is 6. The molecule has 168 valence electrons. The highest BCUT2D eigenvalue weighted by molar-refractivity contribution is 8.00. The molecule has 1 N–H and O–H groups in total. The summed E-state index contributed by atoms with van der Waals surface area (Å²) < 4.78 is 3.29. The summed E-state index contributed by atoms with van der Waals surface area (Å²) in [7, 11) is 0. The third kappa shape index (κ3) is 5.17. The number of benzene rings is 2. The Hall–Kier alpha value is -2.97. The van der Waals surface area contributed by atoms with Gasteiger partial charge in [0.1, 0.15) is 10.2 Å². The van der Waals surface area contributed by atoms with Crippen molar-refractivity contribution >= 4 is 34.7 Å². The van der Waals surface area contributed by atoms with Crippen molar-refractivity contribution in [3.8, 4) is 11.4 Å². The number of thioether (sulfide) groups is 1. The lowest BCUT2D eigenvalue weighted by Crippen LogP contribution is -2.12. The smallest absolute Gasteiger partial charge is 0.255 e. The number of hydrogen-bond donors (Lipinski definition) is 1. The number of carbonyl (C=O) groups is 1. The van der Waals surface area contributed by atoms with Crippen molar-refractivity contribution in [2.75, 3.05) is 5.32 Å². The minimum absolute atomic E-state index is 0.123. The average molecular weight is 476 g/mol. The van der Waals surface area contributed by atoms with Crippen molar-refractivity contribution in [1.82, 2.24) is 19.7 Å². The molecule has 1 aliphatic heterocycles. The molecule has 5 rings (SSSR count). The number of nitrogens with one attached hydrogen (secondary N) is 1. The van der Waals surface area contributed by atoms with Gasteiger partial charge in [-0.25, -0.2) is 4.98 Å². The van der Waals surface area contributed by atoms with E-state index in [1.807, 2.05) is 55.5 Å². The molecule has 8 heteroatoms. The van der Waals surface area contributed by atoms with Crippen LogP contribution in [-0.2, 0) is 18.7 Å². The molecule has 2 aromatic heterocycles. The Morgan fingerprint density at radius 1 is 1.12 bits per heavy atom. The summed E-state index contributed by atoms with van der Waals surface area (Å²) in [6.07, 6.45) is 4.51. The van der Waals surface area contributed by atoms with Crippen LogP contribution in [0.1, 0.15) is 46.7 Å². The summed E-state index contributed by atoms with van der Waals surface area (Å²) >= 11 is 3.38. The van der Waals surface area contributed by atoms with Crippen LogP contribution in [0, 0.1) is 6.92 Å². The molecular formula is C25H25N5OS2. The molecule has 2 aromatic carbocycles. The van der Waals surface area contributed by atoms with E-state index in [1.54, 1.807) is 23.1 Å². The SMILES string of the molecule is Cc1csc(SCc2ccc(C(=O)Nc3cccc(-c4nnc5n4CCCCC5)c3)cc2)n1. The molecule has 33 heavy (non-hydrogen) atoms. The van der Waals surface area contributed by atoms with E-state index >= 15 is 0 Å². The van der Waals surface area contributed by atoms with Gasteiger partial charge in [0.15, 0.2) is 5.82 Å². The minimum Gasteiger partial charge on any atom is -0.322 e. The second-order valence-electron chi connectivity index (χ2n) is 8.18. The van der Waals surface area contributed by atoms with Gasteiger partial charge in [-0.3, -0.25) is 4.79 Å². The predicted octanol–water partition coefficient (Wildman–Crippen LogP) is 5.98. The summed E-state index contributed by atoms with van der Waals surface area (Å²) in [5.41, 5.74) is 4.58. The van der Waals surface area contributed by atoms with Crippen molar-refractivity contribution in [3.05, 3.63) is 76.6 Å². The van der Waals surface area contributed by atoms with E-state index in [1.165, 1.54) is 12.0 Å². The maximum absolute atomic E-state index is 12.8. The van der Waals surface area contributed by atoms with Gasteiger partial charge in [-0.15, -0.1) is 21.5 Å². The lowest BCUT2D eigenvalue weighted by atomic mass is 10.1. The number of nitrogens with zero attached hydrogens (tertiary/aromatic N) is 4. The number of carbonyl (C=O) groups excluding carboxylic acids is 1. The van der Waals surface area contributed by atoms with E-state index < -0.39 is 0 Å². The fourth-order valence-electron chi connectivity index (χ4n) is 3.93. The number of anilines is 1. The molecular weight excluding hydrogens is 450 g/mol. The molecule has 0 aliphatic carbocycles. The molecule has 3 heterocycles. The lowest BCUT2D eigenvalue weighted by Gasteiger charge is -2.10. The molecule has 1 aliphatic rings. The van der Waals surface area contributed by atoms with Crippen molar-refractivity contribution in [3.63, 3.8) is 0 Å². The maximum Gasteiger partial charge on any atom is 0.255 e. The van der Waals surface area contributed by atoms with Crippen molar-refractivity contribution < 1.29 is 4.79 Å². The largest absolute Gasteiger partial charge is 0.322 e. The van der Waals surface area contributed by atoms with Gasteiger partial charge in [-0.05, 0) is 49.6 Å². The first-order valence-electron chi connectivity index (χ1n) is 11.1. The Labute approximate surface area is 201 Å². The number of thiazole rings is 1. The van der Waals surface area contributed by atoms with Gasteiger partial charge in [0.05, 0.1) is 0 Å². The molecule has 0 saturated carbocycles. The molecule has 0 bridgehead atoms. The summed E-state index contributed by atoms with van der Waals surface area (Å²) in [4.78, 5) is 17.3. The zero-order chi connectivity index (χ0) is 22.6. The summed E-state index contributed by atoms with van der Waals surface area (Å²) in [6.45, 7) is 2.95. The molecule has 6 nitrogen and oxygen atoms in total. The average Bonchev–Trinajstić information content (AvgIpc) is 3.36. The second-order valence-corrected chi connectivity index (χ2v) is 10.3. The van der Waals surface area contributed by atoms with Gasteiger partial charge in [0.25, 0.3) is 5.91 Å². The van der Waals surface area contributed by atoms with Crippen LogP contribution in [0.5, 0.6) is 0 Å². The Bertz CT molecular complexity index is 1260. The van der Waals surface area contributed by atoms with Gasteiger partial charge in [0.2, 0.25) is 0 Å². The summed E-state index contributed by atoms with van der Waals surface area (Å²) in [5, 5.41) is 13.9. The standard InChI is InChI=1S/C25H25N5OS2/c1-17-15-32-25(26-17)33-16-18-9-11-19(12-10-18)24(31)27-21-7-5-6-20(14-21)23-29-28-22-8-3-2-4-13-30(22)23/h5-7,9-12,14-15H,2-4,8,13,16H2,1H3,(H,27,31). The molecule has 1 amide bonds. The first-order chi connectivity index (χ1) is 16.2. The van der Waals surface area contributed by atoms with Gasteiger partial charge in [-0.2, -0.15) is 0 Å². The first-order valence-corrected chi connectivity index (χ1v) is 13.0. The highest BCUT2D eigenvalue weighted by atomic mass is 32.2. The topological polar surface area (TPSA) is 72.7 Å². The van der Waals surface area contributed by atoms with Gasteiger partial charge in [0, 0.05) is 46.6 Å². The number of aromatic nitrogens is 4. The van der Waals surface area contributed by atoms with E-state index in [0.717, 1.165) is 64.5 Å². The zero-order valence-corrected chi connectivity index (χ0v) is 20.1.